The molecule has 0 N–H and O–H groups in total. The summed E-state index contributed by atoms with van der Waals surface area (Å²) in [6.45, 7) is 7.84. The fourth-order valence-corrected chi connectivity index (χ4v) is 3.37. The molecule has 1 atom stereocenters. The van der Waals surface area contributed by atoms with Gasteiger partial charge in [-0.15, -0.1) is 0 Å². The van der Waals surface area contributed by atoms with Crippen LogP contribution in [0, 0.1) is 12.3 Å². The molecular formula is C13H21N3O. The molecule has 2 aliphatic heterocycles. The number of hydrogen-bond acceptors (Lipinski definition) is 4. The Balaban J connectivity index is 1.61. The van der Waals surface area contributed by atoms with Crippen molar-refractivity contribution >= 4 is 0 Å². The molecule has 0 saturated carbocycles. The molecule has 2 fully saturated rings. The minimum Gasteiger partial charge on any atom is -0.360 e. The van der Waals surface area contributed by atoms with E-state index in [4.69, 9.17) is 4.52 Å². The van der Waals surface area contributed by atoms with Crippen LogP contribution in [0.2, 0.25) is 0 Å². The fraction of sp³-hybridized carbons (Fsp3) is 0.769. The Morgan fingerprint density at radius 2 is 2.18 bits per heavy atom. The van der Waals surface area contributed by atoms with Crippen molar-refractivity contribution in [1.82, 2.24) is 15.0 Å². The first-order chi connectivity index (χ1) is 8.15. The maximum atomic E-state index is 5.30. The topological polar surface area (TPSA) is 32.5 Å². The lowest BCUT2D eigenvalue weighted by molar-refractivity contribution is 0.229. The molecule has 94 valence electrons. The number of hydrogen-bond donors (Lipinski definition) is 0. The van der Waals surface area contributed by atoms with Crippen molar-refractivity contribution in [3.8, 4) is 0 Å². The van der Waals surface area contributed by atoms with Crippen molar-refractivity contribution in [1.29, 1.82) is 0 Å². The first-order valence-corrected chi connectivity index (χ1v) is 6.48. The molecule has 4 nitrogen and oxygen atoms in total. The molecular weight excluding hydrogens is 214 g/mol. The van der Waals surface area contributed by atoms with Crippen LogP contribution in [0.1, 0.15) is 24.3 Å². The summed E-state index contributed by atoms with van der Waals surface area (Å²) in [5.41, 5.74) is 1.54. The van der Waals surface area contributed by atoms with Crippen LogP contribution in [0.3, 0.4) is 0 Å². The first kappa shape index (κ1) is 11.2. The van der Waals surface area contributed by atoms with Gasteiger partial charge in [0.05, 0.1) is 12.2 Å². The summed E-state index contributed by atoms with van der Waals surface area (Å²) in [6.07, 6.45) is 2.69. The summed E-state index contributed by atoms with van der Waals surface area (Å²) in [7, 11) is 2.23. The third-order valence-electron chi connectivity index (χ3n) is 4.20. The molecule has 3 rings (SSSR count). The molecule has 0 amide bonds. The zero-order valence-corrected chi connectivity index (χ0v) is 10.8. The Morgan fingerprint density at radius 1 is 1.35 bits per heavy atom. The molecule has 17 heavy (non-hydrogen) atoms. The first-order valence-electron chi connectivity index (χ1n) is 6.48. The normalized spacial score (nSPS) is 30.7. The minimum absolute atomic E-state index is 0.559. The van der Waals surface area contributed by atoms with E-state index in [1.807, 2.05) is 13.0 Å². The molecule has 2 aliphatic rings. The largest absolute Gasteiger partial charge is 0.360 e. The van der Waals surface area contributed by atoms with Crippen molar-refractivity contribution in [2.24, 2.45) is 5.41 Å². The van der Waals surface area contributed by atoms with Crippen molar-refractivity contribution in [2.75, 3.05) is 33.2 Å². The quantitative estimate of drug-likeness (QED) is 0.778. The Labute approximate surface area is 103 Å². The smallest absolute Gasteiger partial charge is 0.150 e. The summed E-state index contributed by atoms with van der Waals surface area (Å²) in [6, 6.07) is 2.05. The second kappa shape index (κ2) is 4.10. The highest BCUT2D eigenvalue weighted by molar-refractivity contribution is 5.04. The van der Waals surface area contributed by atoms with E-state index < -0.39 is 0 Å². The predicted octanol–water partition coefficient (Wildman–Crippen LogP) is 1.51. The van der Waals surface area contributed by atoms with Crippen LogP contribution < -0.4 is 0 Å². The molecule has 2 saturated heterocycles. The third-order valence-corrected chi connectivity index (χ3v) is 4.20. The van der Waals surface area contributed by atoms with Gasteiger partial charge in [0.15, 0.2) is 5.76 Å². The summed E-state index contributed by atoms with van der Waals surface area (Å²) in [5, 5.41) is 3.95. The van der Waals surface area contributed by atoms with Crippen molar-refractivity contribution in [2.45, 2.75) is 26.3 Å². The predicted molar refractivity (Wildman–Crippen MR) is 65.7 cm³/mol. The number of likely N-dealkylation sites (tertiary alicyclic amines) is 2. The number of aryl methyl sites for hydroxylation is 1. The van der Waals surface area contributed by atoms with E-state index in [-0.39, 0.29) is 0 Å². The number of nitrogens with zero attached hydrogens (tertiary/aromatic N) is 3. The van der Waals surface area contributed by atoms with Crippen LogP contribution in [0.4, 0.5) is 0 Å². The lowest BCUT2D eigenvalue weighted by Crippen LogP contribution is -2.29. The van der Waals surface area contributed by atoms with Gasteiger partial charge in [-0.2, -0.15) is 0 Å². The van der Waals surface area contributed by atoms with Crippen LogP contribution in [0.15, 0.2) is 10.6 Å². The Bertz CT molecular complexity index is 403. The summed E-state index contributed by atoms with van der Waals surface area (Å²) in [5.74, 6) is 1.01. The minimum atomic E-state index is 0.559. The maximum Gasteiger partial charge on any atom is 0.150 e. The second-order valence-electron chi connectivity index (χ2n) is 5.88. The SMILES string of the molecule is Cc1cc(CN2CCC3(CCN(C)C3)C2)on1. The average Bonchev–Trinajstić information content (AvgIpc) is 2.94. The van der Waals surface area contributed by atoms with E-state index in [0.717, 1.165) is 18.0 Å². The lowest BCUT2D eigenvalue weighted by atomic mass is 9.86. The van der Waals surface area contributed by atoms with Crippen molar-refractivity contribution in [3.05, 3.63) is 17.5 Å². The summed E-state index contributed by atoms with van der Waals surface area (Å²) >= 11 is 0. The molecule has 0 bridgehead atoms. The van der Waals surface area contributed by atoms with E-state index in [0.29, 0.717) is 5.41 Å². The highest BCUT2D eigenvalue weighted by Crippen LogP contribution is 2.39. The van der Waals surface area contributed by atoms with Crippen LogP contribution >= 0.6 is 0 Å². The van der Waals surface area contributed by atoms with Gasteiger partial charge in [0.25, 0.3) is 0 Å². The fourth-order valence-electron chi connectivity index (χ4n) is 3.37. The van der Waals surface area contributed by atoms with Crippen LogP contribution in [0.5, 0.6) is 0 Å². The molecule has 4 heteroatoms. The summed E-state index contributed by atoms with van der Waals surface area (Å²) in [4.78, 5) is 4.97. The van der Waals surface area contributed by atoms with Gasteiger partial charge in [-0.1, -0.05) is 5.16 Å². The van der Waals surface area contributed by atoms with Gasteiger partial charge in [0, 0.05) is 19.2 Å². The van der Waals surface area contributed by atoms with Gasteiger partial charge >= 0.3 is 0 Å². The number of aromatic nitrogens is 1. The van der Waals surface area contributed by atoms with Gasteiger partial charge in [0.2, 0.25) is 0 Å². The molecule has 1 spiro atoms. The zero-order chi connectivity index (χ0) is 11.9. The van der Waals surface area contributed by atoms with Gasteiger partial charge in [0.1, 0.15) is 0 Å². The molecule has 0 aromatic carbocycles. The molecule has 0 aliphatic carbocycles. The van der Waals surface area contributed by atoms with Crippen molar-refractivity contribution < 1.29 is 4.52 Å². The summed E-state index contributed by atoms with van der Waals surface area (Å²) < 4.78 is 5.30. The van der Waals surface area contributed by atoms with Gasteiger partial charge < -0.3 is 9.42 Å². The van der Waals surface area contributed by atoms with E-state index in [2.05, 4.69) is 22.0 Å². The Hall–Kier alpha value is -0.870. The van der Waals surface area contributed by atoms with Crippen molar-refractivity contribution in [3.63, 3.8) is 0 Å². The molecule has 1 aromatic heterocycles. The van der Waals surface area contributed by atoms with Gasteiger partial charge in [-0.05, 0) is 45.3 Å². The zero-order valence-electron chi connectivity index (χ0n) is 10.8. The van der Waals surface area contributed by atoms with Gasteiger partial charge in [-0.25, -0.2) is 0 Å². The van der Waals surface area contributed by atoms with E-state index in [1.165, 1.54) is 39.0 Å². The van der Waals surface area contributed by atoms with Crippen LogP contribution in [-0.2, 0) is 6.54 Å². The van der Waals surface area contributed by atoms with Gasteiger partial charge in [-0.3, -0.25) is 4.90 Å². The Morgan fingerprint density at radius 3 is 2.82 bits per heavy atom. The monoisotopic (exact) mass is 235 g/mol. The maximum absolute atomic E-state index is 5.30. The molecule has 3 heterocycles. The average molecular weight is 235 g/mol. The Kier molecular flexibility index (Phi) is 2.71. The molecule has 1 aromatic rings. The number of rotatable bonds is 2. The third kappa shape index (κ3) is 2.24. The highest BCUT2D eigenvalue weighted by Gasteiger charge is 2.42. The van der Waals surface area contributed by atoms with E-state index in [9.17, 15) is 0 Å². The molecule has 1 unspecified atom stereocenters. The van der Waals surface area contributed by atoms with Crippen LogP contribution in [-0.4, -0.2) is 48.2 Å². The van der Waals surface area contributed by atoms with E-state index in [1.54, 1.807) is 0 Å². The highest BCUT2D eigenvalue weighted by atomic mass is 16.5. The standard InChI is InChI=1S/C13H21N3O/c1-11-7-12(17-14-11)8-16-6-4-13(10-16)3-5-15(2)9-13/h7H,3-6,8-10H2,1-2H3. The molecule has 0 radical (unpaired) electrons. The lowest BCUT2D eigenvalue weighted by Gasteiger charge is -2.23. The van der Waals surface area contributed by atoms with Crippen LogP contribution in [0.25, 0.3) is 0 Å². The second-order valence-corrected chi connectivity index (χ2v) is 5.88. The van der Waals surface area contributed by atoms with E-state index >= 15 is 0 Å².